The molecular weight excluding hydrogens is 205 g/mol. The lowest BCUT2D eigenvalue weighted by Gasteiger charge is -2.40. The molecule has 1 aliphatic rings. The number of hydrogen-bond donors (Lipinski definition) is 2. The highest BCUT2D eigenvalue weighted by Gasteiger charge is 2.31. The normalized spacial score (nSPS) is 20.2. The molecule has 1 saturated carbocycles. The van der Waals surface area contributed by atoms with E-state index in [-0.39, 0.29) is 11.4 Å². The van der Waals surface area contributed by atoms with Gasteiger partial charge in [0.1, 0.15) is 5.82 Å². The van der Waals surface area contributed by atoms with Crippen LogP contribution in [0.1, 0.15) is 37.9 Å². The highest BCUT2D eigenvalue weighted by Crippen LogP contribution is 2.31. The summed E-state index contributed by atoms with van der Waals surface area (Å²) in [6.45, 7) is 2.65. The molecule has 1 aromatic rings. The van der Waals surface area contributed by atoms with Crippen molar-refractivity contribution in [3.05, 3.63) is 35.6 Å². The van der Waals surface area contributed by atoms with Crippen molar-refractivity contribution >= 4 is 0 Å². The first kappa shape index (κ1) is 11.6. The average molecular weight is 223 g/mol. The average Bonchev–Trinajstić information content (AvgIpc) is 2.23. The fraction of sp³-hybridized carbons (Fsp3) is 0.538. The van der Waals surface area contributed by atoms with Gasteiger partial charge in [-0.3, -0.25) is 0 Å². The molecule has 1 atom stereocenters. The molecule has 1 aliphatic carbocycles. The molecule has 0 aromatic heterocycles. The van der Waals surface area contributed by atoms with Gasteiger partial charge in [-0.15, -0.1) is 0 Å². The van der Waals surface area contributed by atoms with Crippen molar-refractivity contribution in [3.8, 4) is 0 Å². The van der Waals surface area contributed by atoms with E-state index in [1.165, 1.54) is 18.6 Å². The minimum Gasteiger partial charge on any atom is -0.387 e. The Hall–Kier alpha value is -0.930. The first-order chi connectivity index (χ1) is 7.59. The number of hydrogen-bond acceptors (Lipinski definition) is 2. The minimum atomic E-state index is -0.631. The molecule has 0 radical (unpaired) electrons. The van der Waals surface area contributed by atoms with Crippen LogP contribution in [0.3, 0.4) is 0 Å². The predicted octanol–water partition coefficient (Wildman–Crippen LogP) is 2.39. The highest BCUT2D eigenvalue weighted by molar-refractivity contribution is 5.19. The Bertz CT molecular complexity index is 363. The van der Waals surface area contributed by atoms with E-state index in [4.69, 9.17) is 0 Å². The van der Waals surface area contributed by atoms with Gasteiger partial charge in [-0.1, -0.05) is 12.1 Å². The SMILES string of the molecule is CC1(NCC(O)c2cccc(F)c2)CCC1. The summed E-state index contributed by atoms with van der Waals surface area (Å²) in [5.74, 6) is -0.300. The summed E-state index contributed by atoms with van der Waals surface area (Å²) >= 11 is 0. The predicted molar refractivity (Wildman–Crippen MR) is 61.6 cm³/mol. The largest absolute Gasteiger partial charge is 0.387 e. The van der Waals surface area contributed by atoms with Gasteiger partial charge < -0.3 is 10.4 Å². The van der Waals surface area contributed by atoms with Crippen molar-refractivity contribution in [1.29, 1.82) is 0 Å². The Morgan fingerprint density at radius 1 is 1.50 bits per heavy atom. The molecule has 2 N–H and O–H groups in total. The van der Waals surface area contributed by atoms with E-state index in [1.807, 2.05) is 0 Å². The van der Waals surface area contributed by atoms with Crippen LogP contribution in [0.4, 0.5) is 4.39 Å². The van der Waals surface area contributed by atoms with Gasteiger partial charge >= 0.3 is 0 Å². The smallest absolute Gasteiger partial charge is 0.123 e. The molecule has 88 valence electrons. The van der Waals surface area contributed by atoms with E-state index in [0.717, 1.165) is 12.8 Å². The van der Waals surface area contributed by atoms with Crippen molar-refractivity contribution in [3.63, 3.8) is 0 Å². The molecule has 1 aromatic carbocycles. The second-order valence-corrected chi connectivity index (χ2v) is 4.87. The summed E-state index contributed by atoms with van der Waals surface area (Å²) in [5, 5.41) is 13.2. The van der Waals surface area contributed by atoms with Crippen molar-refractivity contribution in [2.24, 2.45) is 0 Å². The van der Waals surface area contributed by atoms with Gasteiger partial charge in [0.2, 0.25) is 0 Å². The molecule has 0 amide bonds. The zero-order valence-corrected chi connectivity index (χ0v) is 9.54. The number of halogens is 1. The number of benzene rings is 1. The van der Waals surface area contributed by atoms with E-state index in [9.17, 15) is 9.50 Å². The molecule has 3 heteroatoms. The summed E-state index contributed by atoms with van der Waals surface area (Å²) in [4.78, 5) is 0. The quantitative estimate of drug-likeness (QED) is 0.821. The topological polar surface area (TPSA) is 32.3 Å². The van der Waals surface area contributed by atoms with Crippen LogP contribution in [0.25, 0.3) is 0 Å². The van der Waals surface area contributed by atoms with Crippen LogP contribution in [0.15, 0.2) is 24.3 Å². The second-order valence-electron chi connectivity index (χ2n) is 4.87. The van der Waals surface area contributed by atoms with Gasteiger partial charge in [0.15, 0.2) is 0 Å². The van der Waals surface area contributed by atoms with E-state index in [1.54, 1.807) is 12.1 Å². The monoisotopic (exact) mass is 223 g/mol. The third-order valence-corrected chi connectivity index (χ3v) is 3.41. The van der Waals surface area contributed by atoms with Crippen LogP contribution in [0.5, 0.6) is 0 Å². The van der Waals surface area contributed by atoms with Crippen LogP contribution < -0.4 is 5.32 Å². The van der Waals surface area contributed by atoms with E-state index >= 15 is 0 Å². The van der Waals surface area contributed by atoms with Gasteiger partial charge in [-0.05, 0) is 43.9 Å². The maximum atomic E-state index is 12.9. The van der Waals surface area contributed by atoms with Gasteiger partial charge in [0.25, 0.3) is 0 Å². The Kier molecular flexibility index (Phi) is 3.26. The summed E-state index contributed by atoms with van der Waals surface area (Å²) in [6, 6.07) is 6.14. The van der Waals surface area contributed by atoms with E-state index in [0.29, 0.717) is 12.1 Å². The molecule has 2 nitrogen and oxygen atoms in total. The van der Waals surface area contributed by atoms with Gasteiger partial charge in [0.05, 0.1) is 6.10 Å². The van der Waals surface area contributed by atoms with Crippen molar-refractivity contribution in [2.45, 2.75) is 37.8 Å². The number of aliphatic hydroxyl groups excluding tert-OH is 1. The molecule has 1 fully saturated rings. The number of aliphatic hydroxyl groups is 1. The van der Waals surface area contributed by atoms with Gasteiger partial charge in [0, 0.05) is 12.1 Å². The Morgan fingerprint density at radius 2 is 2.25 bits per heavy atom. The summed E-state index contributed by atoms with van der Waals surface area (Å²) in [5.41, 5.74) is 0.810. The Labute approximate surface area is 95.5 Å². The van der Waals surface area contributed by atoms with E-state index < -0.39 is 6.10 Å². The van der Waals surface area contributed by atoms with Crippen molar-refractivity contribution in [1.82, 2.24) is 5.32 Å². The second kappa shape index (κ2) is 4.52. The van der Waals surface area contributed by atoms with Crippen LogP contribution >= 0.6 is 0 Å². The first-order valence-electron chi connectivity index (χ1n) is 5.78. The molecule has 0 aliphatic heterocycles. The van der Waals surface area contributed by atoms with Crippen molar-refractivity contribution < 1.29 is 9.50 Å². The minimum absolute atomic E-state index is 0.175. The zero-order chi connectivity index (χ0) is 11.6. The molecular formula is C13H18FNO. The molecule has 16 heavy (non-hydrogen) atoms. The molecule has 0 heterocycles. The molecule has 0 bridgehead atoms. The molecule has 0 saturated heterocycles. The van der Waals surface area contributed by atoms with Crippen LogP contribution in [-0.4, -0.2) is 17.2 Å². The van der Waals surface area contributed by atoms with Crippen molar-refractivity contribution in [2.75, 3.05) is 6.54 Å². The maximum absolute atomic E-state index is 12.9. The fourth-order valence-electron chi connectivity index (χ4n) is 2.06. The zero-order valence-electron chi connectivity index (χ0n) is 9.54. The molecule has 0 spiro atoms. The van der Waals surface area contributed by atoms with E-state index in [2.05, 4.69) is 12.2 Å². The summed E-state index contributed by atoms with van der Waals surface area (Å²) in [6.07, 6.45) is 2.93. The Morgan fingerprint density at radius 3 is 2.81 bits per heavy atom. The number of rotatable bonds is 4. The number of nitrogens with one attached hydrogen (secondary N) is 1. The lowest BCUT2D eigenvalue weighted by Crippen LogP contribution is -2.49. The van der Waals surface area contributed by atoms with Crippen LogP contribution in [0, 0.1) is 5.82 Å². The third-order valence-electron chi connectivity index (χ3n) is 3.41. The maximum Gasteiger partial charge on any atom is 0.123 e. The standard InChI is InChI=1S/C13H18FNO/c1-13(6-3-7-13)15-9-12(16)10-4-2-5-11(14)8-10/h2,4-5,8,12,15-16H,3,6-7,9H2,1H3. The molecule has 2 rings (SSSR count). The third kappa shape index (κ3) is 2.60. The summed E-state index contributed by atoms with van der Waals surface area (Å²) < 4.78 is 12.9. The fourth-order valence-corrected chi connectivity index (χ4v) is 2.06. The summed E-state index contributed by atoms with van der Waals surface area (Å²) in [7, 11) is 0. The first-order valence-corrected chi connectivity index (χ1v) is 5.78. The van der Waals surface area contributed by atoms with Gasteiger partial charge in [-0.25, -0.2) is 4.39 Å². The molecule has 1 unspecified atom stereocenters. The van der Waals surface area contributed by atoms with Gasteiger partial charge in [-0.2, -0.15) is 0 Å². The van der Waals surface area contributed by atoms with Crippen LogP contribution in [-0.2, 0) is 0 Å². The lowest BCUT2D eigenvalue weighted by molar-refractivity contribution is 0.132. The number of β-amino-alcohol motifs (C(OH)–C–C–N with tert-alkyl or cyclic N) is 1. The Balaban J connectivity index is 1.90. The highest BCUT2D eigenvalue weighted by atomic mass is 19.1. The van der Waals surface area contributed by atoms with Crippen LogP contribution in [0.2, 0.25) is 0 Å². The lowest BCUT2D eigenvalue weighted by atomic mass is 9.78.